The second kappa shape index (κ2) is 9.00. The lowest BCUT2D eigenvalue weighted by molar-refractivity contribution is -0.120. The van der Waals surface area contributed by atoms with Gasteiger partial charge in [0.25, 0.3) is 0 Å². The molecule has 2 aromatic heterocycles. The Morgan fingerprint density at radius 2 is 2.16 bits per heavy atom. The van der Waals surface area contributed by atoms with Crippen LogP contribution in [0.2, 0.25) is 5.02 Å². The van der Waals surface area contributed by atoms with Gasteiger partial charge in [-0.05, 0) is 25.0 Å². The first kappa shape index (κ1) is 22.4. The van der Waals surface area contributed by atoms with Crippen molar-refractivity contribution in [3.63, 3.8) is 0 Å². The van der Waals surface area contributed by atoms with Gasteiger partial charge in [0.15, 0.2) is 5.82 Å². The van der Waals surface area contributed by atoms with Crippen LogP contribution in [0.3, 0.4) is 0 Å². The van der Waals surface area contributed by atoms with E-state index in [1.54, 1.807) is 25.4 Å². The third kappa shape index (κ3) is 4.69. The van der Waals surface area contributed by atoms with Gasteiger partial charge in [-0.25, -0.2) is 12.8 Å². The average molecular weight is 481 g/mol. The van der Waals surface area contributed by atoms with Crippen molar-refractivity contribution in [2.45, 2.75) is 24.3 Å². The van der Waals surface area contributed by atoms with E-state index >= 15 is 0 Å². The molecule has 3 heterocycles. The summed E-state index contributed by atoms with van der Waals surface area (Å²) in [5, 5.41) is 11.2. The summed E-state index contributed by atoms with van der Waals surface area (Å²) in [7, 11) is -2.07. The predicted octanol–water partition coefficient (Wildman–Crippen LogP) is 2.50. The molecule has 4 rings (SSSR count). The SMILES string of the molecule is Cn1cc(S(=O)(=O)N2CCCC(C(=O)Nc3ccn(Cc4c(F)cccc4Cl)n3)C2)cn1. The number of amides is 1. The van der Waals surface area contributed by atoms with Gasteiger partial charge in [0.05, 0.1) is 18.7 Å². The van der Waals surface area contributed by atoms with Crippen molar-refractivity contribution in [2.24, 2.45) is 13.0 Å². The Bertz CT molecular complexity index is 1220. The van der Waals surface area contributed by atoms with Crippen molar-refractivity contribution in [1.29, 1.82) is 0 Å². The molecule has 0 aliphatic carbocycles. The van der Waals surface area contributed by atoms with Crippen LogP contribution in [0.5, 0.6) is 0 Å². The molecule has 32 heavy (non-hydrogen) atoms. The van der Waals surface area contributed by atoms with Gasteiger partial charge in [-0.1, -0.05) is 17.7 Å². The zero-order valence-electron chi connectivity index (χ0n) is 17.3. The van der Waals surface area contributed by atoms with Crippen LogP contribution in [0.4, 0.5) is 10.2 Å². The van der Waals surface area contributed by atoms with E-state index < -0.39 is 21.8 Å². The van der Waals surface area contributed by atoms with Crippen molar-refractivity contribution in [1.82, 2.24) is 23.9 Å². The van der Waals surface area contributed by atoms with Crippen LogP contribution < -0.4 is 5.32 Å². The van der Waals surface area contributed by atoms with E-state index in [4.69, 9.17) is 11.6 Å². The fourth-order valence-corrected chi connectivity index (χ4v) is 5.38. The number of aryl methyl sites for hydroxylation is 1. The lowest BCUT2D eigenvalue weighted by Crippen LogP contribution is -2.43. The Morgan fingerprint density at radius 3 is 2.88 bits per heavy atom. The van der Waals surface area contributed by atoms with Crippen LogP contribution in [-0.4, -0.2) is 51.3 Å². The maximum absolute atomic E-state index is 14.0. The minimum Gasteiger partial charge on any atom is -0.309 e. The second-order valence-electron chi connectivity index (χ2n) is 7.64. The molecule has 3 aromatic rings. The Morgan fingerprint density at radius 1 is 1.34 bits per heavy atom. The lowest BCUT2D eigenvalue weighted by atomic mass is 9.99. The molecule has 170 valence electrons. The number of carbonyl (C=O) groups is 1. The number of aromatic nitrogens is 4. The molecule has 1 saturated heterocycles. The molecule has 0 spiro atoms. The zero-order chi connectivity index (χ0) is 22.9. The third-order valence-electron chi connectivity index (χ3n) is 5.35. The van der Waals surface area contributed by atoms with Gasteiger partial charge in [0.1, 0.15) is 10.7 Å². The van der Waals surface area contributed by atoms with E-state index in [1.807, 2.05) is 0 Å². The number of sulfonamides is 1. The van der Waals surface area contributed by atoms with Crippen LogP contribution in [0.1, 0.15) is 18.4 Å². The topological polar surface area (TPSA) is 102 Å². The highest BCUT2D eigenvalue weighted by molar-refractivity contribution is 7.89. The number of hydrogen-bond acceptors (Lipinski definition) is 5. The minimum atomic E-state index is -3.72. The van der Waals surface area contributed by atoms with E-state index in [0.717, 1.165) is 0 Å². The molecule has 12 heteroatoms. The molecule has 1 fully saturated rings. The lowest BCUT2D eigenvalue weighted by Gasteiger charge is -2.30. The zero-order valence-corrected chi connectivity index (χ0v) is 18.9. The number of benzene rings is 1. The van der Waals surface area contributed by atoms with E-state index in [-0.39, 0.29) is 23.9 Å². The summed E-state index contributed by atoms with van der Waals surface area (Å²) in [6.45, 7) is 0.537. The van der Waals surface area contributed by atoms with Crippen molar-refractivity contribution < 1.29 is 17.6 Å². The first-order valence-electron chi connectivity index (χ1n) is 10.00. The fraction of sp³-hybridized carbons (Fsp3) is 0.350. The number of carbonyl (C=O) groups excluding carboxylic acids is 1. The molecular formula is C20H22ClFN6O3S. The van der Waals surface area contributed by atoms with Crippen molar-refractivity contribution in [2.75, 3.05) is 18.4 Å². The summed E-state index contributed by atoms with van der Waals surface area (Å²) in [5.41, 5.74) is 0.304. The van der Waals surface area contributed by atoms with Crippen LogP contribution in [0.25, 0.3) is 0 Å². The normalized spacial score (nSPS) is 17.4. The molecule has 1 atom stereocenters. The molecule has 0 radical (unpaired) electrons. The summed E-state index contributed by atoms with van der Waals surface area (Å²) in [6.07, 6.45) is 5.48. The fourth-order valence-electron chi connectivity index (χ4n) is 3.65. The van der Waals surface area contributed by atoms with Gasteiger partial charge in [0.2, 0.25) is 15.9 Å². The van der Waals surface area contributed by atoms with Crippen LogP contribution in [0, 0.1) is 11.7 Å². The number of halogens is 2. The van der Waals surface area contributed by atoms with Crippen LogP contribution in [-0.2, 0) is 28.4 Å². The quantitative estimate of drug-likeness (QED) is 0.584. The number of hydrogen-bond donors (Lipinski definition) is 1. The largest absolute Gasteiger partial charge is 0.309 e. The number of piperidine rings is 1. The van der Waals surface area contributed by atoms with E-state index in [0.29, 0.717) is 35.8 Å². The maximum Gasteiger partial charge on any atom is 0.246 e. The Balaban J connectivity index is 1.41. The summed E-state index contributed by atoms with van der Waals surface area (Å²) in [5.74, 6) is -0.961. The van der Waals surface area contributed by atoms with Gasteiger partial charge in [-0.2, -0.15) is 14.5 Å². The van der Waals surface area contributed by atoms with Gasteiger partial charge in [-0.15, -0.1) is 0 Å². The van der Waals surface area contributed by atoms with Crippen molar-refractivity contribution in [3.05, 3.63) is 59.3 Å². The smallest absolute Gasteiger partial charge is 0.246 e. The van der Waals surface area contributed by atoms with Gasteiger partial charge in [-0.3, -0.25) is 14.2 Å². The molecule has 1 amide bonds. The highest BCUT2D eigenvalue weighted by Gasteiger charge is 2.34. The average Bonchev–Trinajstić information content (AvgIpc) is 3.40. The molecule has 0 bridgehead atoms. The first-order chi connectivity index (χ1) is 15.2. The van der Waals surface area contributed by atoms with Gasteiger partial charge < -0.3 is 5.32 Å². The van der Waals surface area contributed by atoms with Gasteiger partial charge >= 0.3 is 0 Å². The summed E-state index contributed by atoms with van der Waals surface area (Å²) < 4.78 is 43.9. The number of nitrogens with zero attached hydrogens (tertiary/aromatic N) is 5. The molecule has 1 N–H and O–H groups in total. The van der Waals surface area contributed by atoms with Gasteiger partial charge in [0, 0.05) is 49.2 Å². The number of rotatable bonds is 6. The summed E-state index contributed by atoms with van der Waals surface area (Å²) in [4.78, 5) is 12.9. The molecule has 1 aromatic carbocycles. The van der Waals surface area contributed by atoms with Crippen molar-refractivity contribution in [3.8, 4) is 0 Å². The summed E-state index contributed by atoms with van der Waals surface area (Å²) >= 11 is 6.06. The first-order valence-corrected chi connectivity index (χ1v) is 11.8. The molecular weight excluding hydrogens is 459 g/mol. The van der Waals surface area contributed by atoms with Crippen LogP contribution in [0.15, 0.2) is 47.8 Å². The van der Waals surface area contributed by atoms with Crippen molar-refractivity contribution >= 4 is 33.3 Å². The second-order valence-corrected chi connectivity index (χ2v) is 9.99. The van der Waals surface area contributed by atoms with Crippen LogP contribution >= 0.6 is 11.6 Å². The Labute approximate surface area is 189 Å². The Hall–Kier alpha value is -2.76. The molecule has 0 saturated carbocycles. The Kier molecular flexibility index (Phi) is 6.31. The standard InChI is InChI=1S/C20H22ClFN6O3S/c1-26-12-15(10-23-26)32(30,31)28-8-3-4-14(11-28)20(29)24-19-7-9-27(25-19)13-16-17(21)5-2-6-18(16)22/h2,5-7,9-10,12,14H,3-4,8,11,13H2,1H3,(H,24,25,29). The monoisotopic (exact) mass is 480 g/mol. The van der Waals surface area contributed by atoms with E-state index in [2.05, 4.69) is 15.5 Å². The number of anilines is 1. The minimum absolute atomic E-state index is 0.0780. The highest BCUT2D eigenvalue weighted by Crippen LogP contribution is 2.25. The van der Waals surface area contributed by atoms with E-state index in [9.17, 15) is 17.6 Å². The molecule has 1 unspecified atom stereocenters. The predicted molar refractivity (Wildman–Crippen MR) is 116 cm³/mol. The highest BCUT2D eigenvalue weighted by atomic mass is 35.5. The van der Waals surface area contributed by atoms with E-state index in [1.165, 1.54) is 38.2 Å². The molecule has 1 aliphatic rings. The molecule has 1 aliphatic heterocycles. The third-order valence-corrected chi connectivity index (χ3v) is 7.52. The maximum atomic E-state index is 14.0. The molecule has 9 nitrogen and oxygen atoms in total. The summed E-state index contributed by atoms with van der Waals surface area (Å²) in [6, 6.07) is 6.04. The number of nitrogens with one attached hydrogen (secondary N) is 1.